The number of carbonyl (C=O) groups excluding carboxylic acids is 1. The van der Waals surface area contributed by atoms with Crippen LogP contribution in [0.3, 0.4) is 0 Å². The van der Waals surface area contributed by atoms with Gasteiger partial charge in [-0.25, -0.2) is 0 Å². The molecule has 2 aromatic carbocycles. The fourth-order valence-corrected chi connectivity index (χ4v) is 2.98. The molecule has 2 aromatic rings. The Balaban J connectivity index is 2.30. The number of ether oxygens (including phenoxy) is 1. The molecule has 0 aliphatic rings. The van der Waals surface area contributed by atoms with E-state index in [-0.39, 0.29) is 5.91 Å². The van der Waals surface area contributed by atoms with Crippen molar-refractivity contribution in [3.63, 3.8) is 0 Å². The van der Waals surface area contributed by atoms with Gasteiger partial charge in [0.15, 0.2) is 5.75 Å². The van der Waals surface area contributed by atoms with Gasteiger partial charge in [-0.3, -0.25) is 4.79 Å². The molecule has 5 heteroatoms. The van der Waals surface area contributed by atoms with Crippen LogP contribution in [0.2, 0.25) is 10.0 Å². The number of rotatable bonds is 5. The van der Waals surface area contributed by atoms with E-state index in [9.17, 15) is 4.79 Å². The lowest BCUT2D eigenvalue weighted by Gasteiger charge is -2.16. The molecule has 0 aliphatic heterocycles. The van der Waals surface area contributed by atoms with Gasteiger partial charge in [0, 0.05) is 11.3 Å². The lowest BCUT2D eigenvalue weighted by atomic mass is 9.97. The maximum Gasteiger partial charge on any atom is 0.255 e. The van der Waals surface area contributed by atoms with Crippen LogP contribution in [0.25, 0.3) is 0 Å². The second-order valence-electron chi connectivity index (χ2n) is 5.32. The second kappa shape index (κ2) is 7.71. The molecule has 0 aromatic heterocycles. The summed E-state index contributed by atoms with van der Waals surface area (Å²) in [6.45, 7) is 4.25. The molecule has 122 valence electrons. The van der Waals surface area contributed by atoms with Crippen LogP contribution >= 0.6 is 23.2 Å². The van der Waals surface area contributed by atoms with Crippen LogP contribution in [0, 0.1) is 0 Å². The quantitative estimate of drug-likeness (QED) is 0.742. The van der Waals surface area contributed by atoms with E-state index in [0.717, 1.165) is 17.7 Å². The topological polar surface area (TPSA) is 38.3 Å². The van der Waals surface area contributed by atoms with Gasteiger partial charge in [-0.1, -0.05) is 55.2 Å². The first-order valence-electron chi connectivity index (χ1n) is 7.41. The molecule has 3 nitrogen and oxygen atoms in total. The van der Waals surface area contributed by atoms with Crippen LogP contribution < -0.4 is 10.1 Å². The van der Waals surface area contributed by atoms with Crippen molar-refractivity contribution in [3.05, 3.63) is 57.6 Å². The Morgan fingerprint density at radius 3 is 2.39 bits per heavy atom. The first-order chi connectivity index (χ1) is 11.0. The molecule has 1 amide bonds. The summed E-state index contributed by atoms with van der Waals surface area (Å²) in [5.74, 6) is 0.464. The molecule has 1 N–H and O–H groups in total. The highest BCUT2D eigenvalue weighted by molar-refractivity contribution is 6.37. The molecule has 0 fully saturated rings. The molecular weight excluding hydrogens is 333 g/mol. The van der Waals surface area contributed by atoms with Crippen molar-refractivity contribution in [3.8, 4) is 5.75 Å². The molecule has 0 saturated heterocycles. The first-order valence-corrected chi connectivity index (χ1v) is 8.16. The molecule has 2 rings (SSSR count). The highest BCUT2D eigenvalue weighted by atomic mass is 35.5. The van der Waals surface area contributed by atoms with Gasteiger partial charge in [0.05, 0.1) is 17.2 Å². The summed E-state index contributed by atoms with van der Waals surface area (Å²) in [5, 5.41) is 3.55. The van der Waals surface area contributed by atoms with Crippen LogP contribution in [0.4, 0.5) is 5.69 Å². The number of para-hydroxylation sites is 1. The molecule has 0 aliphatic carbocycles. The standard InChI is InChI=1S/C18H19Cl2NO2/c1-4-11(2)13-7-5-6-8-16(13)21-18(22)12-9-14(19)17(23-3)15(20)10-12/h5-11H,4H2,1-3H3,(H,21,22). The zero-order valence-corrected chi connectivity index (χ0v) is 14.8. The van der Waals surface area contributed by atoms with E-state index in [2.05, 4.69) is 19.2 Å². The van der Waals surface area contributed by atoms with Gasteiger partial charge in [0.2, 0.25) is 0 Å². The van der Waals surface area contributed by atoms with Gasteiger partial charge < -0.3 is 10.1 Å². The molecule has 23 heavy (non-hydrogen) atoms. The summed E-state index contributed by atoms with van der Waals surface area (Å²) in [4.78, 5) is 12.5. The number of halogens is 2. The highest BCUT2D eigenvalue weighted by Gasteiger charge is 2.16. The summed E-state index contributed by atoms with van der Waals surface area (Å²) in [6.07, 6.45) is 0.993. The van der Waals surface area contributed by atoms with Crippen molar-refractivity contribution in [1.29, 1.82) is 0 Å². The third-order valence-electron chi connectivity index (χ3n) is 3.82. The average molecular weight is 352 g/mol. The van der Waals surface area contributed by atoms with Gasteiger partial charge in [-0.05, 0) is 36.1 Å². The number of hydrogen-bond acceptors (Lipinski definition) is 2. The Morgan fingerprint density at radius 1 is 1.22 bits per heavy atom. The number of amides is 1. The molecule has 0 heterocycles. The highest BCUT2D eigenvalue weighted by Crippen LogP contribution is 2.34. The zero-order chi connectivity index (χ0) is 17.0. The van der Waals surface area contributed by atoms with E-state index in [1.807, 2.05) is 24.3 Å². The normalized spacial score (nSPS) is 11.9. The molecule has 0 bridgehead atoms. The third kappa shape index (κ3) is 3.98. The Kier molecular flexibility index (Phi) is 5.91. The van der Waals surface area contributed by atoms with Gasteiger partial charge in [0.1, 0.15) is 0 Å². The van der Waals surface area contributed by atoms with Crippen molar-refractivity contribution in [2.75, 3.05) is 12.4 Å². The lowest BCUT2D eigenvalue weighted by molar-refractivity contribution is 0.102. The number of anilines is 1. The number of hydrogen-bond donors (Lipinski definition) is 1. The van der Waals surface area contributed by atoms with E-state index < -0.39 is 0 Å². The van der Waals surface area contributed by atoms with Crippen molar-refractivity contribution in [2.45, 2.75) is 26.2 Å². The smallest absolute Gasteiger partial charge is 0.255 e. The van der Waals surface area contributed by atoms with E-state index in [0.29, 0.717) is 27.3 Å². The third-order valence-corrected chi connectivity index (χ3v) is 4.38. The van der Waals surface area contributed by atoms with E-state index in [1.165, 1.54) is 7.11 Å². The van der Waals surface area contributed by atoms with Crippen molar-refractivity contribution in [1.82, 2.24) is 0 Å². The number of methoxy groups -OCH3 is 1. The van der Waals surface area contributed by atoms with E-state index in [4.69, 9.17) is 27.9 Å². The minimum Gasteiger partial charge on any atom is -0.494 e. The Morgan fingerprint density at radius 2 is 1.83 bits per heavy atom. The minimum absolute atomic E-state index is 0.257. The molecule has 0 radical (unpaired) electrons. The number of carbonyl (C=O) groups is 1. The summed E-state index contributed by atoms with van der Waals surface area (Å²) >= 11 is 12.2. The van der Waals surface area contributed by atoms with Crippen LogP contribution in [0.1, 0.15) is 42.1 Å². The predicted molar refractivity (Wildman–Crippen MR) is 96.1 cm³/mol. The fraction of sp³-hybridized carbons (Fsp3) is 0.278. The van der Waals surface area contributed by atoms with Crippen molar-refractivity contribution in [2.24, 2.45) is 0 Å². The predicted octanol–water partition coefficient (Wildman–Crippen LogP) is 5.77. The zero-order valence-electron chi connectivity index (χ0n) is 13.3. The summed E-state index contributed by atoms with van der Waals surface area (Å²) in [6, 6.07) is 10.9. The van der Waals surface area contributed by atoms with Gasteiger partial charge >= 0.3 is 0 Å². The van der Waals surface area contributed by atoms with Crippen LogP contribution in [-0.2, 0) is 0 Å². The Hall–Kier alpha value is -1.71. The lowest BCUT2D eigenvalue weighted by Crippen LogP contribution is -2.14. The minimum atomic E-state index is -0.257. The molecule has 1 atom stereocenters. The largest absolute Gasteiger partial charge is 0.494 e. The SMILES string of the molecule is CCC(C)c1ccccc1NC(=O)c1cc(Cl)c(OC)c(Cl)c1. The molecule has 0 saturated carbocycles. The van der Waals surface area contributed by atoms with Gasteiger partial charge in [-0.2, -0.15) is 0 Å². The van der Waals surface area contributed by atoms with Crippen molar-refractivity contribution >= 4 is 34.8 Å². The monoisotopic (exact) mass is 351 g/mol. The molecule has 1 unspecified atom stereocenters. The molecule has 0 spiro atoms. The van der Waals surface area contributed by atoms with E-state index >= 15 is 0 Å². The van der Waals surface area contributed by atoms with Crippen LogP contribution in [-0.4, -0.2) is 13.0 Å². The maximum absolute atomic E-state index is 12.5. The fourth-order valence-electron chi connectivity index (χ4n) is 2.34. The van der Waals surface area contributed by atoms with Crippen molar-refractivity contribution < 1.29 is 9.53 Å². The summed E-state index contributed by atoms with van der Waals surface area (Å²) in [5.41, 5.74) is 2.30. The molecular formula is C18H19Cl2NO2. The van der Waals surface area contributed by atoms with Crippen LogP contribution in [0.5, 0.6) is 5.75 Å². The van der Waals surface area contributed by atoms with Crippen LogP contribution in [0.15, 0.2) is 36.4 Å². The maximum atomic E-state index is 12.5. The first kappa shape index (κ1) is 17.6. The average Bonchev–Trinajstić information content (AvgIpc) is 2.54. The summed E-state index contributed by atoms with van der Waals surface area (Å²) < 4.78 is 5.10. The Labute approximate surface area is 146 Å². The second-order valence-corrected chi connectivity index (χ2v) is 6.14. The summed E-state index contributed by atoms with van der Waals surface area (Å²) in [7, 11) is 1.48. The number of benzene rings is 2. The van der Waals surface area contributed by atoms with Gasteiger partial charge in [-0.15, -0.1) is 0 Å². The number of nitrogens with one attached hydrogen (secondary N) is 1. The Bertz CT molecular complexity index is 693. The van der Waals surface area contributed by atoms with Gasteiger partial charge in [0.25, 0.3) is 5.91 Å². The van der Waals surface area contributed by atoms with E-state index in [1.54, 1.807) is 12.1 Å².